The standard InChI is InChI=1S/C24H26O3/c1-2-22-16-24(25,12-13-26-22)21-8-5-9-23(15-21)27-17-18-10-11-19-6-3-4-7-20(19)14-18/h3-11,14-15,22,25H,2,12-13,16-17H2,1H3. The van der Waals surface area contributed by atoms with Crippen LogP contribution in [0.4, 0.5) is 0 Å². The maximum Gasteiger partial charge on any atom is 0.120 e. The fourth-order valence-electron chi connectivity index (χ4n) is 3.83. The molecule has 1 fully saturated rings. The van der Waals surface area contributed by atoms with Crippen LogP contribution in [0.3, 0.4) is 0 Å². The molecule has 0 bridgehead atoms. The Morgan fingerprint density at radius 2 is 1.89 bits per heavy atom. The topological polar surface area (TPSA) is 38.7 Å². The van der Waals surface area contributed by atoms with Gasteiger partial charge in [0.15, 0.2) is 0 Å². The Hall–Kier alpha value is -2.36. The SMILES string of the molecule is CCC1CC(O)(c2cccc(OCc3ccc4ccccc4c3)c2)CCO1. The predicted molar refractivity (Wildman–Crippen MR) is 108 cm³/mol. The van der Waals surface area contributed by atoms with E-state index >= 15 is 0 Å². The van der Waals surface area contributed by atoms with Crippen LogP contribution in [0, 0.1) is 0 Å². The zero-order chi connectivity index (χ0) is 18.7. The van der Waals surface area contributed by atoms with E-state index in [9.17, 15) is 5.11 Å². The average molecular weight is 362 g/mol. The zero-order valence-corrected chi connectivity index (χ0v) is 15.7. The Morgan fingerprint density at radius 3 is 2.74 bits per heavy atom. The predicted octanol–water partition coefficient (Wildman–Crippen LogP) is 5.20. The summed E-state index contributed by atoms with van der Waals surface area (Å²) in [5.74, 6) is 0.786. The number of ether oxygens (including phenoxy) is 2. The van der Waals surface area contributed by atoms with Crippen LogP contribution in [0.5, 0.6) is 5.75 Å². The first kappa shape index (κ1) is 18.0. The summed E-state index contributed by atoms with van der Waals surface area (Å²) in [4.78, 5) is 0. The molecule has 0 spiro atoms. The summed E-state index contributed by atoms with van der Waals surface area (Å²) in [6.45, 7) is 3.20. The highest BCUT2D eigenvalue weighted by molar-refractivity contribution is 5.82. The van der Waals surface area contributed by atoms with Gasteiger partial charge in [-0.05, 0) is 46.5 Å². The fraction of sp³-hybridized carbons (Fsp3) is 0.333. The molecule has 1 aliphatic heterocycles. The van der Waals surface area contributed by atoms with Gasteiger partial charge in [0, 0.05) is 12.8 Å². The first-order chi connectivity index (χ1) is 13.2. The van der Waals surface area contributed by atoms with Crippen molar-refractivity contribution >= 4 is 10.8 Å². The molecule has 3 aromatic rings. The van der Waals surface area contributed by atoms with Crippen LogP contribution in [-0.2, 0) is 16.9 Å². The van der Waals surface area contributed by atoms with Crippen molar-refractivity contribution in [3.05, 3.63) is 77.9 Å². The minimum absolute atomic E-state index is 0.117. The van der Waals surface area contributed by atoms with Crippen molar-refractivity contribution < 1.29 is 14.6 Å². The van der Waals surface area contributed by atoms with Crippen molar-refractivity contribution in [2.45, 2.75) is 44.5 Å². The highest BCUT2D eigenvalue weighted by atomic mass is 16.5. The molecule has 3 nitrogen and oxygen atoms in total. The van der Waals surface area contributed by atoms with Gasteiger partial charge in [-0.1, -0.05) is 55.5 Å². The number of aliphatic hydroxyl groups is 1. The van der Waals surface area contributed by atoms with Gasteiger partial charge in [0.05, 0.1) is 18.3 Å². The van der Waals surface area contributed by atoms with Crippen LogP contribution < -0.4 is 4.74 Å². The molecule has 140 valence electrons. The van der Waals surface area contributed by atoms with E-state index in [0.29, 0.717) is 26.1 Å². The molecule has 4 rings (SSSR count). The minimum Gasteiger partial charge on any atom is -0.489 e. The summed E-state index contributed by atoms with van der Waals surface area (Å²) in [5.41, 5.74) is 1.22. The minimum atomic E-state index is -0.832. The summed E-state index contributed by atoms with van der Waals surface area (Å²) in [6.07, 6.45) is 2.29. The lowest BCUT2D eigenvalue weighted by Gasteiger charge is -2.37. The Morgan fingerprint density at radius 1 is 1.04 bits per heavy atom. The van der Waals surface area contributed by atoms with Crippen molar-refractivity contribution in [1.29, 1.82) is 0 Å². The zero-order valence-electron chi connectivity index (χ0n) is 15.7. The number of benzene rings is 3. The molecule has 1 N–H and O–H groups in total. The third kappa shape index (κ3) is 4.00. The van der Waals surface area contributed by atoms with E-state index in [1.807, 2.05) is 30.3 Å². The van der Waals surface area contributed by atoms with Gasteiger partial charge in [0.25, 0.3) is 0 Å². The van der Waals surface area contributed by atoms with Crippen LogP contribution in [0.25, 0.3) is 10.8 Å². The summed E-state index contributed by atoms with van der Waals surface area (Å²) < 4.78 is 11.8. The molecule has 1 aliphatic rings. The molecule has 1 heterocycles. The molecule has 0 aliphatic carbocycles. The second kappa shape index (κ2) is 7.71. The van der Waals surface area contributed by atoms with Crippen molar-refractivity contribution in [1.82, 2.24) is 0 Å². The summed E-state index contributed by atoms with van der Waals surface area (Å²) in [6, 6.07) is 22.6. The van der Waals surface area contributed by atoms with Crippen LogP contribution in [0.2, 0.25) is 0 Å². The van der Waals surface area contributed by atoms with E-state index in [0.717, 1.165) is 23.3 Å². The second-order valence-corrected chi connectivity index (χ2v) is 7.38. The Kier molecular flexibility index (Phi) is 5.15. The quantitative estimate of drug-likeness (QED) is 0.678. The van der Waals surface area contributed by atoms with Gasteiger partial charge in [-0.25, -0.2) is 0 Å². The first-order valence-electron chi connectivity index (χ1n) is 9.71. The van der Waals surface area contributed by atoms with Gasteiger partial charge < -0.3 is 14.6 Å². The third-order valence-corrected chi connectivity index (χ3v) is 5.48. The molecule has 3 aromatic carbocycles. The molecular weight excluding hydrogens is 336 g/mol. The van der Waals surface area contributed by atoms with E-state index in [2.05, 4.69) is 43.3 Å². The molecule has 27 heavy (non-hydrogen) atoms. The number of hydrogen-bond acceptors (Lipinski definition) is 3. The smallest absolute Gasteiger partial charge is 0.120 e. The molecule has 2 unspecified atom stereocenters. The summed E-state index contributed by atoms with van der Waals surface area (Å²) in [5, 5.41) is 13.6. The van der Waals surface area contributed by atoms with E-state index in [-0.39, 0.29) is 6.10 Å². The van der Waals surface area contributed by atoms with E-state index in [4.69, 9.17) is 9.47 Å². The van der Waals surface area contributed by atoms with Gasteiger partial charge >= 0.3 is 0 Å². The van der Waals surface area contributed by atoms with Crippen LogP contribution in [0.1, 0.15) is 37.3 Å². The van der Waals surface area contributed by atoms with E-state index in [1.165, 1.54) is 10.8 Å². The molecule has 0 saturated carbocycles. The van der Waals surface area contributed by atoms with Crippen molar-refractivity contribution in [3.63, 3.8) is 0 Å². The molecule has 0 amide bonds. The largest absolute Gasteiger partial charge is 0.489 e. The number of fused-ring (bicyclic) bond motifs is 1. The Labute approximate surface area is 160 Å². The highest BCUT2D eigenvalue weighted by Gasteiger charge is 2.36. The summed E-state index contributed by atoms with van der Waals surface area (Å²) >= 11 is 0. The first-order valence-corrected chi connectivity index (χ1v) is 9.71. The summed E-state index contributed by atoms with van der Waals surface area (Å²) in [7, 11) is 0. The molecule has 0 aromatic heterocycles. The van der Waals surface area contributed by atoms with Crippen LogP contribution >= 0.6 is 0 Å². The lowest BCUT2D eigenvalue weighted by atomic mass is 9.83. The maximum atomic E-state index is 11.1. The highest BCUT2D eigenvalue weighted by Crippen LogP contribution is 2.36. The van der Waals surface area contributed by atoms with Crippen LogP contribution in [-0.4, -0.2) is 17.8 Å². The Bertz CT molecular complexity index is 920. The number of rotatable bonds is 5. The van der Waals surface area contributed by atoms with Gasteiger partial charge in [0.1, 0.15) is 12.4 Å². The maximum absolute atomic E-state index is 11.1. The lowest BCUT2D eigenvalue weighted by Crippen LogP contribution is -2.38. The van der Waals surface area contributed by atoms with Gasteiger partial charge in [-0.15, -0.1) is 0 Å². The van der Waals surface area contributed by atoms with Crippen molar-refractivity contribution in [3.8, 4) is 5.75 Å². The fourth-order valence-corrected chi connectivity index (χ4v) is 3.83. The van der Waals surface area contributed by atoms with Crippen molar-refractivity contribution in [2.24, 2.45) is 0 Å². The molecule has 3 heteroatoms. The van der Waals surface area contributed by atoms with Gasteiger partial charge in [-0.2, -0.15) is 0 Å². The molecule has 0 radical (unpaired) electrons. The lowest BCUT2D eigenvalue weighted by molar-refractivity contribution is -0.108. The molecular formula is C24H26O3. The third-order valence-electron chi connectivity index (χ3n) is 5.48. The number of hydrogen-bond donors (Lipinski definition) is 1. The molecule has 2 atom stereocenters. The van der Waals surface area contributed by atoms with Crippen molar-refractivity contribution in [2.75, 3.05) is 6.61 Å². The second-order valence-electron chi connectivity index (χ2n) is 7.38. The van der Waals surface area contributed by atoms with Gasteiger partial charge in [-0.3, -0.25) is 0 Å². The normalized spacial score (nSPS) is 22.7. The van der Waals surface area contributed by atoms with Gasteiger partial charge in [0.2, 0.25) is 0 Å². The van der Waals surface area contributed by atoms with E-state index in [1.54, 1.807) is 0 Å². The monoisotopic (exact) mass is 362 g/mol. The average Bonchev–Trinajstić information content (AvgIpc) is 2.72. The molecule has 1 saturated heterocycles. The van der Waals surface area contributed by atoms with E-state index < -0.39 is 5.60 Å². The Balaban J connectivity index is 1.49. The van der Waals surface area contributed by atoms with Crippen LogP contribution in [0.15, 0.2) is 66.7 Å².